The molecule has 0 radical (unpaired) electrons. The number of aliphatic carboxylic acids is 1. The summed E-state index contributed by atoms with van der Waals surface area (Å²) >= 11 is 0. The lowest BCUT2D eigenvalue weighted by Gasteiger charge is -2.16. The van der Waals surface area contributed by atoms with Crippen molar-refractivity contribution in [1.29, 1.82) is 0 Å². The summed E-state index contributed by atoms with van der Waals surface area (Å²) in [5.74, 6) is 0.856. The first-order valence-corrected chi connectivity index (χ1v) is 4.28. The van der Waals surface area contributed by atoms with Crippen LogP contribution in [0.2, 0.25) is 0 Å². The van der Waals surface area contributed by atoms with Crippen molar-refractivity contribution in [3.05, 3.63) is 0 Å². The van der Waals surface area contributed by atoms with E-state index in [4.69, 9.17) is 5.11 Å². The number of nitrogens with zero attached hydrogens (tertiary/aromatic N) is 2. The Labute approximate surface area is 70.9 Å². The molecule has 0 aromatic rings. The van der Waals surface area contributed by atoms with E-state index in [0.29, 0.717) is 5.92 Å². The van der Waals surface area contributed by atoms with Crippen molar-refractivity contribution in [3.8, 4) is 0 Å². The molecule has 4 heteroatoms. The second kappa shape index (κ2) is 2.77. The van der Waals surface area contributed by atoms with Crippen molar-refractivity contribution >= 4 is 11.8 Å². The predicted octanol–water partition coefficient (Wildman–Crippen LogP) is 0.195. The molecular formula is C8H12N2O2. The maximum atomic E-state index is 10.4. The molecular weight excluding hydrogens is 156 g/mol. The van der Waals surface area contributed by atoms with Crippen molar-refractivity contribution in [2.75, 3.05) is 19.6 Å². The number of hydrogen-bond acceptors (Lipinski definition) is 3. The highest BCUT2D eigenvalue weighted by Crippen LogP contribution is 2.33. The van der Waals surface area contributed by atoms with Crippen LogP contribution in [0.25, 0.3) is 0 Å². The summed E-state index contributed by atoms with van der Waals surface area (Å²) in [6.45, 7) is 1.69. The molecule has 0 saturated heterocycles. The molecule has 1 aliphatic heterocycles. The first kappa shape index (κ1) is 7.58. The highest BCUT2D eigenvalue weighted by Gasteiger charge is 2.33. The lowest BCUT2D eigenvalue weighted by atomic mass is 10.3. The van der Waals surface area contributed by atoms with Crippen LogP contribution in [0.5, 0.6) is 0 Å². The van der Waals surface area contributed by atoms with Gasteiger partial charge in [-0.2, -0.15) is 0 Å². The van der Waals surface area contributed by atoms with Crippen LogP contribution in [0, 0.1) is 5.92 Å². The first-order chi connectivity index (χ1) is 5.77. The van der Waals surface area contributed by atoms with Crippen LogP contribution in [0.15, 0.2) is 4.99 Å². The number of aliphatic imine (C=N–C) groups is 1. The normalized spacial score (nSPS) is 22.7. The third kappa shape index (κ3) is 1.42. The molecule has 0 aromatic carbocycles. The summed E-state index contributed by atoms with van der Waals surface area (Å²) in [5, 5.41) is 8.60. The minimum absolute atomic E-state index is 0.120. The van der Waals surface area contributed by atoms with E-state index in [1.807, 2.05) is 4.90 Å². The van der Waals surface area contributed by atoms with Gasteiger partial charge in [0.05, 0.1) is 6.54 Å². The van der Waals surface area contributed by atoms with Crippen LogP contribution < -0.4 is 0 Å². The number of rotatable bonds is 3. The van der Waals surface area contributed by atoms with Crippen LogP contribution in [0.1, 0.15) is 12.8 Å². The molecule has 1 fully saturated rings. The van der Waals surface area contributed by atoms with E-state index in [1.54, 1.807) is 0 Å². The molecule has 1 saturated carbocycles. The number of carbonyl (C=O) groups is 1. The average Bonchev–Trinajstić information content (AvgIpc) is 2.73. The Morgan fingerprint density at radius 3 is 3.00 bits per heavy atom. The molecule has 2 rings (SSSR count). The van der Waals surface area contributed by atoms with E-state index in [2.05, 4.69) is 4.99 Å². The smallest absolute Gasteiger partial charge is 0.323 e. The van der Waals surface area contributed by atoms with Gasteiger partial charge in [0.15, 0.2) is 0 Å². The lowest BCUT2D eigenvalue weighted by Crippen LogP contribution is -2.33. The fourth-order valence-electron chi connectivity index (χ4n) is 1.55. The van der Waals surface area contributed by atoms with Gasteiger partial charge in [-0.1, -0.05) is 0 Å². The van der Waals surface area contributed by atoms with E-state index in [-0.39, 0.29) is 6.54 Å². The molecule has 1 heterocycles. The molecule has 1 N–H and O–H groups in total. The topological polar surface area (TPSA) is 52.9 Å². The monoisotopic (exact) mass is 168 g/mol. The highest BCUT2D eigenvalue weighted by molar-refractivity contribution is 5.90. The lowest BCUT2D eigenvalue weighted by molar-refractivity contribution is -0.137. The minimum atomic E-state index is -0.759. The maximum absolute atomic E-state index is 10.4. The van der Waals surface area contributed by atoms with E-state index in [1.165, 1.54) is 12.8 Å². The van der Waals surface area contributed by atoms with E-state index >= 15 is 0 Å². The first-order valence-electron chi connectivity index (χ1n) is 4.28. The predicted molar refractivity (Wildman–Crippen MR) is 44.2 cm³/mol. The average molecular weight is 168 g/mol. The van der Waals surface area contributed by atoms with Crippen LogP contribution in [0.3, 0.4) is 0 Å². The summed E-state index contributed by atoms with van der Waals surface area (Å²) < 4.78 is 0. The van der Waals surface area contributed by atoms with Crippen LogP contribution >= 0.6 is 0 Å². The van der Waals surface area contributed by atoms with Gasteiger partial charge in [-0.25, -0.2) is 0 Å². The molecule has 0 spiro atoms. The summed E-state index contributed by atoms with van der Waals surface area (Å²) in [4.78, 5) is 16.6. The third-order valence-electron chi connectivity index (χ3n) is 2.24. The van der Waals surface area contributed by atoms with Gasteiger partial charge in [0.2, 0.25) is 0 Å². The van der Waals surface area contributed by atoms with Gasteiger partial charge in [0.1, 0.15) is 12.4 Å². The second-order valence-corrected chi connectivity index (χ2v) is 3.33. The van der Waals surface area contributed by atoms with Gasteiger partial charge in [0.25, 0.3) is 0 Å². The van der Waals surface area contributed by atoms with Crippen LogP contribution in [-0.2, 0) is 4.79 Å². The molecule has 4 nitrogen and oxygen atoms in total. The van der Waals surface area contributed by atoms with Gasteiger partial charge in [0, 0.05) is 12.5 Å². The van der Waals surface area contributed by atoms with Crippen LogP contribution in [-0.4, -0.2) is 41.4 Å². The second-order valence-electron chi connectivity index (χ2n) is 3.33. The Bertz CT molecular complexity index is 233. The van der Waals surface area contributed by atoms with Crippen LogP contribution in [0.4, 0.5) is 0 Å². The quantitative estimate of drug-likeness (QED) is 0.654. The molecule has 0 aromatic heterocycles. The number of amidine groups is 1. The Morgan fingerprint density at radius 1 is 1.67 bits per heavy atom. The van der Waals surface area contributed by atoms with Crippen molar-refractivity contribution in [2.45, 2.75) is 12.8 Å². The zero-order valence-corrected chi connectivity index (χ0v) is 6.86. The van der Waals surface area contributed by atoms with Gasteiger partial charge < -0.3 is 10.0 Å². The fourth-order valence-corrected chi connectivity index (χ4v) is 1.55. The summed E-state index contributed by atoms with van der Waals surface area (Å²) in [6, 6.07) is 0. The SMILES string of the molecule is O=C(O)CN1CCN=C1C1CC1. The Balaban J connectivity index is 1.96. The molecule has 1 aliphatic carbocycles. The van der Waals surface area contributed by atoms with Gasteiger partial charge in [-0.15, -0.1) is 0 Å². The standard InChI is InChI=1S/C8H12N2O2/c11-7(12)5-10-4-3-9-8(10)6-1-2-6/h6H,1-5H2,(H,11,12). The number of carboxylic acids is 1. The van der Waals surface area contributed by atoms with E-state index in [0.717, 1.165) is 18.9 Å². The summed E-state index contributed by atoms with van der Waals surface area (Å²) in [7, 11) is 0. The number of hydrogen-bond donors (Lipinski definition) is 1. The summed E-state index contributed by atoms with van der Waals surface area (Å²) in [6.07, 6.45) is 2.38. The summed E-state index contributed by atoms with van der Waals surface area (Å²) in [5.41, 5.74) is 0. The zero-order chi connectivity index (χ0) is 8.55. The Hall–Kier alpha value is -1.06. The van der Waals surface area contributed by atoms with Gasteiger partial charge in [-0.05, 0) is 12.8 Å². The Morgan fingerprint density at radius 2 is 2.42 bits per heavy atom. The molecule has 12 heavy (non-hydrogen) atoms. The molecule has 2 aliphatic rings. The fraction of sp³-hybridized carbons (Fsp3) is 0.750. The Kier molecular flexibility index (Phi) is 1.75. The van der Waals surface area contributed by atoms with Crippen molar-refractivity contribution in [1.82, 2.24) is 4.90 Å². The molecule has 0 unspecified atom stereocenters. The molecule has 0 atom stereocenters. The van der Waals surface area contributed by atoms with Crippen molar-refractivity contribution < 1.29 is 9.90 Å². The zero-order valence-electron chi connectivity index (χ0n) is 6.86. The highest BCUT2D eigenvalue weighted by atomic mass is 16.4. The molecule has 0 amide bonds. The molecule has 0 bridgehead atoms. The van der Waals surface area contributed by atoms with Crippen molar-refractivity contribution in [2.24, 2.45) is 10.9 Å². The van der Waals surface area contributed by atoms with E-state index < -0.39 is 5.97 Å². The van der Waals surface area contributed by atoms with Gasteiger partial charge in [-0.3, -0.25) is 9.79 Å². The van der Waals surface area contributed by atoms with E-state index in [9.17, 15) is 4.79 Å². The largest absolute Gasteiger partial charge is 0.480 e. The number of carboxylic acid groups (broad SMARTS) is 1. The third-order valence-corrected chi connectivity index (χ3v) is 2.24. The molecule has 66 valence electrons. The maximum Gasteiger partial charge on any atom is 0.323 e. The minimum Gasteiger partial charge on any atom is -0.480 e. The van der Waals surface area contributed by atoms with Crippen molar-refractivity contribution in [3.63, 3.8) is 0 Å². The van der Waals surface area contributed by atoms with Gasteiger partial charge >= 0.3 is 5.97 Å².